The van der Waals surface area contributed by atoms with Gasteiger partial charge < -0.3 is 11.5 Å². The first kappa shape index (κ1) is 30.4. The Labute approximate surface area is 119 Å². The number of rotatable bonds is 5. The molecular weight excluding hydrogens is 240 g/mol. The maximum Gasteiger partial charge on any atom is 0.240 e. The van der Waals surface area contributed by atoms with E-state index in [0.29, 0.717) is 0 Å². The van der Waals surface area contributed by atoms with E-state index in [1.165, 1.54) is 0 Å². The highest BCUT2D eigenvalue weighted by molar-refractivity contribution is 5.84. The molecule has 1 atom stereocenters. The van der Waals surface area contributed by atoms with Crippen molar-refractivity contribution in [3.8, 4) is 0 Å². The minimum Gasteiger partial charge on any atom is -0.369 e. The fourth-order valence-corrected chi connectivity index (χ4v) is 0.653. The Kier molecular flexibility index (Phi) is 40.6. The van der Waals surface area contributed by atoms with Crippen LogP contribution in [0.25, 0.3) is 0 Å². The van der Waals surface area contributed by atoms with Gasteiger partial charge in [0, 0.05) is 5.92 Å². The van der Waals surface area contributed by atoms with Crippen LogP contribution >= 0.6 is 0 Å². The second-order valence-corrected chi connectivity index (χ2v) is 3.46. The lowest BCUT2D eigenvalue weighted by atomic mass is 10.0. The number of hydrogen-bond acceptors (Lipinski definition) is 2. The van der Waals surface area contributed by atoms with Crippen LogP contribution in [-0.4, -0.2) is 11.8 Å². The monoisotopic (exact) mass is 274 g/mol. The second-order valence-electron chi connectivity index (χ2n) is 3.46. The summed E-state index contributed by atoms with van der Waals surface area (Å²) in [5, 5.41) is 0. The number of amides is 2. The number of nitrogens with two attached hydrogens (primary N) is 2. The summed E-state index contributed by atoms with van der Waals surface area (Å²) in [6.45, 7) is 12.3. The van der Waals surface area contributed by atoms with Gasteiger partial charge >= 0.3 is 0 Å². The highest BCUT2D eigenvalue weighted by atomic mass is 16.1. The highest BCUT2D eigenvalue weighted by Crippen LogP contribution is 2.05. The molecule has 0 saturated heterocycles. The quantitative estimate of drug-likeness (QED) is 0.594. The summed E-state index contributed by atoms with van der Waals surface area (Å²) in [5.41, 5.74) is 9.57. The number of primary amides is 2. The lowest BCUT2D eigenvalue weighted by Gasteiger charge is -2.03. The molecule has 0 radical (unpaired) electrons. The predicted octanol–water partition coefficient (Wildman–Crippen LogP) is 3.42. The highest BCUT2D eigenvalue weighted by Gasteiger charge is 2.05. The average molecular weight is 274 g/mol. The maximum atomic E-state index is 10.4. The first-order chi connectivity index (χ1) is 7.87. The minimum absolute atomic E-state index is 0. The zero-order valence-corrected chi connectivity index (χ0v) is 11.2. The van der Waals surface area contributed by atoms with Crippen LogP contribution in [0.1, 0.15) is 54.9 Å². The van der Waals surface area contributed by atoms with Crippen molar-refractivity contribution >= 4 is 11.8 Å². The Morgan fingerprint density at radius 1 is 1.21 bits per heavy atom. The van der Waals surface area contributed by atoms with Crippen molar-refractivity contribution in [2.24, 2.45) is 17.4 Å². The molecule has 0 heterocycles. The molecule has 4 N–H and O–H groups in total. The van der Waals surface area contributed by atoms with E-state index in [4.69, 9.17) is 5.73 Å². The van der Waals surface area contributed by atoms with Crippen LogP contribution in [-0.2, 0) is 9.59 Å². The van der Waals surface area contributed by atoms with Crippen molar-refractivity contribution in [1.82, 2.24) is 0 Å². The van der Waals surface area contributed by atoms with Crippen LogP contribution in [0.2, 0.25) is 0 Å². The zero-order valence-electron chi connectivity index (χ0n) is 11.2. The predicted molar refractivity (Wildman–Crippen MR) is 86.6 cm³/mol. The summed E-state index contributed by atoms with van der Waals surface area (Å²) >= 11 is 0. The van der Waals surface area contributed by atoms with Crippen LogP contribution in [0.5, 0.6) is 0 Å². The fourth-order valence-electron chi connectivity index (χ4n) is 0.653. The molecule has 0 aromatic rings. The molecule has 0 spiro atoms. The zero-order chi connectivity index (χ0) is 14.3. The summed E-state index contributed by atoms with van der Waals surface area (Å²) in [5.74, 6) is -0.599. The van der Waals surface area contributed by atoms with E-state index in [0.717, 1.165) is 25.3 Å². The molecule has 116 valence electrons. The molecule has 0 saturated carbocycles. The van der Waals surface area contributed by atoms with E-state index < -0.39 is 5.91 Å². The Morgan fingerprint density at radius 3 is 1.68 bits per heavy atom. The molecule has 2 amide bonds. The second kappa shape index (κ2) is 25.3. The first-order valence-corrected chi connectivity index (χ1v) is 5.65. The summed E-state index contributed by atoms with van der Waals surface area (Å²) in [7, 11) is 0. The van der Waals surface area contributed by atoms with E-state index >= 15 is 0 Å². The number of hydrogen-bond donors (Lipinski definition) is 2. The summed E-state index contributed by atoms with van der Waals surface area (Å²) in [6, 6.07) is 0. The summed E-state index contributed by atoms with van der Waals surface area (Å²) in [6.07, 6.45) is 5.98. The van der Waals surface area contributed by atoms with E-state index in [1.807, 2.05) is 13.8 Å². The number of unbranched alkanes of at least 4 members (excludes halogenated alkanes) is 1. The molecule has 19 heavy (non-hydrogen) atoms. The van der Waals surface area contributed by atoms with E-state index in [-0.39, 0.29) is 26.7 Å². The topological polar surface area (TPSA) is 86.2 Å². The molecule has 0 fully saturated rings. The molecule has 0 aromatic carbocycles. The van der Waals surface area contributed by atoms with Gasteiger partial charge in [-0.2, -0.15) is 0 Å². The van der Waals surface area contributed by atoms with Crippen LogP contribution in [0, 0.1) is 5.92 Å². The molecule has 0 aliphatic rings. The van der Waals surface area contributed by atoms with Gasteiger partial charge in [0.05, 0.1) is 0 Å². The first-order valence-electron chi connectivity index (χ1n) is 5.65. The summed E-state index contributed by atoms with van der Waals surface area (Å²) < 4.78 is 0. The largest absolute Gasteiger partial charge is 0.369 e. The number of carbonyl (C=O) groups is 2. The van der Waals surface area contributed by atoms with Crippen molar-refractivity contribution in [2.75, 3.05) is 0 Å². The molecule has 4 nitrogen and oxygen atoms in total. The Balaban J connectivity index is -0.0000000565. The SMILES string of the molecule is C.C.C=CC.C=CC(N)=O.CCCCC(C)C(N)=O. The third kappa shape index (κ3) is 48.2. The molecule has 0 bridgehead atoms. The number of carbonyl (C=O) groups excluding carboxylic acids is 2. The standard InChI is InChI=1S/C7H15NO.C3H5NO.C3H6.2CH4/c1-3-4-5-6(2)7(8)9;1-2-3(4)5;1-3-2;;/h6H,3-5H2,1-2H3,(H2,8,9);2H,1H2,(H2,4,5);3H,1H2,2H3;2*1H4. The minimum atomic E-state index is -0.481. The van der Waals surface area contributed by atoms with Crippen LogP contribution < -0.4 is 11.5 Å². The van der Waals surface area contributed by atoms with Gasteiger partial charge in [0.2, 0.25) is 11.8 Å². The van der Waals surface area contributed by atoms with Crippen LogP contribution in [0.3, 0.4) is 0 Å². The van der Waals surface area contributed by atoms with Gasteiger partial charge in [0.15, 0.2) is 0 Å². The molecular formula is C15H34N2O2. The van der Waals surface area contributed by atoms with Gasteiger partial charge in [-0.25, -0.2) is 0 Å². The van der Waals surface area contributed by atoms with Crippen molar-refractivity contribution in [3.05, 3.63) is 25.3 Å². The molecule has 0 aliphatic carbocycles. The Morgan fingerprint density at radius 2 is 1.53 bits per heavy atom. The maximum absolute atomic E-state index is 10.4. The molecule has 0 aliphatic heterocycles. The molecule has 1 unspecified atom stereocenters. The van der Waals surface area contributed by atoms with Crippen molar-refractivity contribution in [1.29, 1.82) is 0 Å². The van der Waals surface area contributed by atoms with E-state index in [2.05, 4.69) is 25.8 Å². The van der Waals surface area contributed by atoms with Gasteiger partial charge in [0.25, 0.3) is 0 Å². The van der Waals surface area contributed by atoms with Crippen molar-refractivity contribution in [3.63, 3.8) is 0 Å². The summed E-state index contributed by atoms with van der Waals surface area (Å²) in [4.78, 5) is 19.9. The van der Waals surface area contributed by atoms with Crippen LogP contribution in [0.4, 0.5) is 0 Å². The third-order valence-electron chi connectivity index (χ3n) is 1.68. The van der Waals surface area contributed by atoms with E-state index in [1.54, 1.807) is 6.08 Å². The Bertz CT molecular complexity index is 226. The molecule has 4 heteroatoms. The van der Waals surface area contributed by atoms with Gasteiger partial charge in [0.1, 0.15) is 0 Å². The van der Waals surface area contributed by atoms with Gasteiger partial charge in [-0.3, -0.25) is 9.59 Å². The molecule has 0 aromatic heterocycles. The third-order valence-corrected chi connectivity index (χ3v) is 1.68. The van der Waals surface area contributed by atoms with Gasteiger partial charge in [-0.15, -0.1) is 6.58 Å². The van der Waals surface area contributed by atoms with Crippen molar-refractivity contribution in [2.45, 2.75) is 54.9 Å². The lowest BCUT2D eigenvalue weighted by molar-refractivity contribution is -0.121. The smallest absolute Gasteiger partial charge is 0.240 e. The fraction of sp³-hybridized carbons (Fsp3) is 0.600. The normalized spacial score (nSPS) is 8.58. The Hall–Kier alpha value is -1.58. The van der Waals surface area contributed by atoms with Crippen molar-refractivity contribution < 1.29 is 9.59 Å². The molecule has 0 rings (SSSR count). The lowest BCUT2D eigenvalue weighted by Crippen LogP contribution is -2.20. The van der Waals surface area contributed by atoms with Gasteiger partial charge in [-0.05, 0) is 19.4 Å². The van der Waals surface area contributed by atoms with E-state index in [9.17, 15) is 9.59 Å². The average Bonchev–Trinajstić information content (AvgIpc) is 2.27. The van der Waals surface area contributed by atoms with Gasteiger partial charge in [-0.1, -0.05) is 54.2 Å². The number of allylic oxidation sites excluding steroid dienone is 1. The van der Waals surface area contributed by atoms with Crippen LogP contribution in [0.15, 0.2) is 25.3 Å².